The van der Waals surface area contributed by atoms with E-state index >= 15 is 0 Å². The largest absolute Gasteiger partial charge is 0.322 e. The standard InChI is InChI=1S/C27H22ClN3O2/c1-17-7-13-22(18(2)15-17)26(32)29-20-10-8-19(9-11-20)27(33)30-16-21-12-14-25(28)31(21)24-6-4-3-5-23(24)30/h3-15H,16H2,1-2H3,(H,29,32). The third kappa shape index (κ3) is 3.81. The maximum Gasteiger partial charge on any atom is 0.258 e. The highest BCUT2D eigenvalue weighted by Crippen LogP contribution is 2.36. The van der Waals surface area contributed by atoms with Gasteiger partial charge in [0.1, 0.15) is 5.15 Å². The number of aryl methyl sites for hydroxylation is 2. The Morgan fingerprint density at radius 3 is 2.33 bits per heavy atom. The van der Waals surface area contributed by atoms with Gasteiger partial charge in [-0.1, -0.05) is 41.4 Å². The van der Waals surface area contributed by atoms with Gasteiger partial charge in [0, 0.05) is 22.5 Å². The fourth-order valence-corrected chi connectivity index (χ4v) is 4.54. The second-order valence-corrected chi connectivity index (χ2v) is 8.60. The summed E-state index contributed by atoms with van der Waals surface area (Å²) in [7, 11) is 0. The Hall–Kier alpha value is -3.83. The van der Waals surface area contributed by atoms with Crippen LogP contribution in [0.1, 0.15) is 37.5 Å². The summed E-state index contributed by atoms with van der Waals surface area (Å²) in [5.41, 5.74) is 6.47. The van der Waals surface area contributed by atoms with Crippen LogP contribution in [0.15, 0.2) is 78.9 Å². The van der Waals surface area contributed by atoms with Crippen LogP contribution in [-0.2, 0) is 6.54 Å². The van der Waals surface area contributed by atoms with Gasteiger partial charge in [0.05, 0.1) is 17.9 Å². The molecule has 0 radical (unpaired) electrons. The van der Waals surface area contributed by atoms with Crippen LogP contribution in [0.5, 0.6) is 0 Å². The number of carbonyl (C=O) groups excluding carboxylic acids is 2. The predicted octanol–water partition coefficient (Wildman–Crippen LogP) is 6.16. The van der Waals surface area contributed by atoms with E-state index in [0.717, 1.165) is 28.2 Å². The van der Waals surface area contributed by atoms with E-state index in [2.05, 4.69) is 5.32 Å². The molecule has 1 aliphatic heterocycles. The molecule has 0 unspecified atom stereocenters. The molecule has 164 valence electrons. The van der Waals surface area contributed by atoms with Crippen molar-refractivity contribution in [3.05, 3.63) is 112 Å². The molecule has 5 nitrogen and oxygen atoms in total. The summed E-state index contributed by atoms with van der Waals surface area (Å²) in [5, 5.41) is 3.53. The summed E-state index contributed by atoms with van der Waals surface area (Å²) >= 11 is 6.38. The second-order valence-electron chi connectivity index (χ2n) is 8.21. The zero-order chi connectivity index (χ0) is 23.1. The van der Waals surface area contributed by atoms with Crippen LogP contribution in [0.4, 0.5) is 11.4 Å². The zero-order valence-electron chi connectivity index (χ0n) is 18.3. The van der Waals surface area contributed by atoms with Crippen LogP contribution in [0.2, 0.25) is 5.15 Å². The smallest absolute Gasteiger partial charge is 0.258 e. The number of amides is 2. The van der Waals surface area contributed by atoms with Crippen molar-refractivity contribution in [2.24, 2.45) is 0 Å². The van der Waals surface area contributed by atoms with Gasteiger partial charge in [-0.25, -0.2) is 0 Å². The highest BCUT2D eigenvalue weighted by atomic mass is 35.5. The summed E-state index contributed by atoms with van der Waals surface area (Å²) in [6, 6.07) is 24.2. The van der Waals surface area contributed by atoms with Crippen LogP contribution in [0, 0.1) is 13.8 Å². The molecular weight excluding hydrogens is 434 g/mol. The molecule has 0 saturated carbocycles. The quantitative estimate of drug-likeness (QED) is 0.402. The van der Waals surface area contributed by atoms with Gasteiger partial charge in [-0.15, -0.1) is 0 Å². The molecule has 2 amide bonds. The van der Waals surface area contributed by atoms with E-state index in [0.29, 0.717) is 28.5 Å². The van der Waals surface area contributed by atoms with Gasteiger partial charge in [0.25, 0.3) is 11.8 Å². The lowest BCUT2D eigenvalue weighted by Crippen LogP contribution is -2.35. The minimum Gasteiger partial charge on any atom is -0.322 e. The Morgan fingerprint density at radius 2 is 1.61 bits per heavy atom. The van der Waals surface area contributed by atoms with Gasteiger partial charge in [-0.3, -0.25) is 9.59 Å². The number of halogens is 1. The molecule has 1 N–H and O–H groups in total. The Morgan fingerprint density at radius 1 is 0.879 bits per heavy atom. The lowest BCUT2D eigenvalue weighted by molar-refractivity contribution is 0.0982. The lowest BCUT2D eigenvalue weighted by Gasteiger charge is -2.31. The number of hydrogen-bond acceptors (Lipinski definition) is 2. The van der Waals surface area contributed by atoms with Gasteiger partial charge in [-0.2, -0.15) is 0 Å². The van der Waals surface area contributed by atoms with Crippen molar-refractivity contribution in [2.45, 2.75) is 20.4 Å². The van der Waals surface area contributed by atoms with Crippen LogP contribution in [-0.4, -0.2) is 16.4 Å². The van der Waals surface area contributed by atoms with Crippen molar-refractivity contribution < 1.29 is 9.59 Å². The Balaban J connectivity index is 1.38. The molecule has 0 spiro atoms. The molecule has 1 aromatic heterocycles. The maximum atomic E-state index is 13.4. The number of anilines is 2. The first-order valence-corrected chi connectivity index (χ1v) is 11.1. The highest BCUT2D eigenvalue weighted by Gasteiger charge is 2.28. The molecule has 0 bridgehead atoms. The van der Waals surface area contributed by atoms with E-state index in [1.165, 1.54) is 0 Å². The molecule has 1 aliphatic rings. The molecular formula is C27H22ClN3O2. The normalized spacial score (nSPS) is 12.2. The minimum absolute atomic E-state index is 0.113. The van der Waals surface area contributed by atoms with Gasteiger partial charge < -0.3 is 14.8 Å². The lowest BCUT2D eigenvalue weighted by atomic mass is 10.0. The minimum atomic E-state index is -0.172. The Labute approximate surface area is 197 Å². The van der Waals surface area contributed by atoms with Gasteiger partial charge >= 0.3 is 0 Å². The summed E-state index contributed by atoms with van der Waals surface area (Å²) in [6.07, 6.45) is 0. The van der Waals surface area contributed by atoms with Crippen molar-refractivity contribution in [3.63, 3.8) is 0 Å². The van der Waals surface area contributed by atoms with Crippen molar-refractivity contribution in [2.75, 3.05) is 10.2 Å². The van der Waals surface area contributed by atoms with Crippen molar-refractivity contribution >= 4 is 34.8 Å². The number of benzene rings is 3. The van der Waals surface area contributed by atoms with E-state index in [1.807, 2.05) is 73.0 Å². The Kier molecular flexibility index (Phi) is 5.27. The van der Waals surface area contributed by atoms with Crippen molar-refractivity contribution in [1.82, 2.24) is 4.57 Å². The zero-order valence-corrected chi connectivity index (χ0v) is 19.1. The number of nitrogens with zero attached hydrogens (tertiary/aromatic N) is 2. The fourth-order valence-electron chi connectivity index (χ4n) is 4.27. The molecule has 0 atom stereocenters. The second kappa shape index (κ2) is 8.26. The number of nitrogens with one attached hydrogen (secondary N) is 1. The van der Waals surface area contributed by atoms with E-state index in [-0.39, 0.29) is 11.8 Å². The van der Waals surface area contributed by atoms with Gasteiger partial charge in [0.2, 0.25) is 0 Å². The first-order valence-electron chi connectivity index (χ1n) is 10.7. The molecule has 3 aromatic carbocycles. The molecule has 0 aliphatic carbocycles. The van der Waals surface area contributed by atoms with Crippen LogP contribution >= 0.6 is 11.6 Å². The number of rotatable bonds is 3. The van der Waals surface area contributed by atoms with Crippen LogP contribution in [0.25, 0.3) is 5.69 Å². The maximum absolute atomic E-state index is 13.4. The highest BCUT2D eigenvalue weighted by molar-refractivity contribution is 6.30. The fraction of sp³-hybridized carbons (Fsp3) is 0.111. The SMILES string of the molecule is Cc1ccc(C(=O)Nc2ccc(C(=O)N3Cc4ccc(Cl)n4-c4ccccc43)cc2)c(C)c1. The number of fused-ring (bicyclic) bond motifs is 3. The third-order valence-electron chi connectivity index (χ3n) is 5.91. The summed E-state index contributed by atoms with van der Waals surface area (Å²) < 4.78 is 1.96. The average molecular weight is 456 g/mol. The van der Waals surface area contributed by atoms with E-state index in [4.69, 9.17) is 11.6 Å². The van der Waals surface area contributed by atoms with Crippen molar-refractivity contribution in [3.8, 4) is 5.69 Å². The molecule has 5 rings (SSSR count). The average Bonchev–Trinajstić information content (AvgIpc) is 3.19. The Bertz CT molecular complexity index is 1390. The molecule has 4 aromatic rings. The summed E-state index contributed by atoms with van der Waals surface area (Å²) in [4.78, 5) is 27.8. The number of aromatic nitrogens is 1. The summed E-state index contributed by atoms with van der Waals surface area (Å²) in [6.45, 7) is 4.34. The van der Waals surface area contributed by atoms with E-state index in [9.17, 15) is 9.59 Å². The molecule has 0 saturated heterocycles. The van der Waals surface area contributed by atoms with E-state index < -0.39 is 0 Å². The monoisotopic (exact) mass is 455 g/mol. The van der Waals surface area contributed by atoms with Crippen molar-refractivity contribution in [1.29, 1.82) is 0 Å². The van der Waals surface area contributed by atoms with Gasteiger partial charge in [0.15, 0.2) is 0 Å². The van der Waals surface area contributed by atoms with E-state index in [1.54, 1.807) is 29.2 Å². The molecule has 6 heteroatoms. The number of para-hydroxylation sites is 2. The molecule has 0 fully saturated rings. The summed E-state index contributed by atoms with van der Waals surface area (Å²) in [5.74, 6) is -0.285. The predicted molar refractivity (Wildman–Crippen MR) is 132 cm³/mol. The number of carbonyl (C=O) groups is 2. The first kappa shape index (κ1) is 21.0. The molecule has 33 heavy (non-hydrogen) atoms. The third-order valence-corrected chi connectivity index (χ3v) is 6.20. The van der Waals surface area contributed by atoms with Crippen LogP contribution < -0.4 is 10.2 Å². The number of hydrogen-bond donors (Lipinski definition) is 1. The van der Waals surface area contributed by atoms with Crippen LogP contribution in [0.3, 0.4) is 0 Å². The van der Waals surface area contributed by atoms with Gasteiger partial charge in [-0.05, 0) is 74.0 Å². The molecule has 2 heterocycles. The first-order chi connectivity index (χ1) is 15.9. The topological polar surface area (TPSA) is 54.3 Å².